The molecule has 4 nitrogen and oxygen atoms in total. The summed E-state index contributed by atoms with van der Waals surface area (Å²) in [5.41, 5.74) is 8.40. The van der Waals surface area contributed by atoms with Crippen LogP contribution in [0.5, 0.6) is 0 Å². The lowest BCUT2D eigenvalue weighted by Crippen LogP contribution is -2.40. The van der Waals surface area contributed by atoms with Crippen molar-refractivity contribution in [3.05, 3.63) is 16.6 Å². The zero-order valence-electron chi connectivity index (χ0n) is 10.3. The largest absolute Gasteiger partial charge is 0.352 e. The molecule has 0 fully saturated rings. The van der Waals surface area contributed by atoms with Crippen LogP contribution in [0.3, 0.4) is 0 Å². The van der Waals surface area contributed by atoms with Gasteiger partial charge in [0, 0.05) is 24.4 Å². The molecule has 1 rings (SSSR count). The number of aryl methyl sites for hydroxylation is 1. The molecule has 0 bridgehead atoms. The highest BCUT2D eigenvalue weighted by Gasteiger charge is 2.10. The van der Waals surface area contributed by atoms with Crippen molar-refractivity contribution < 1.29 is 4.79 Å². The number of thiazole rings is 1. The number of unbranched alkanes of at least 4 members (excludes halogenated alkanes) is 1. The van der Waals surface area contributed by atoms with E-state index in [-0.39, 0.29) is 11.9 Å². The van der Waals surface area contributed by atoms with Gasteiger partial charge in [0.1, 0.15) is 0 Å². The molecule has 0 aliphatic heterocycles. The zero-order valence-corrected chi connectivity index (χ0v) is 11.1. The molecule has 96 valence electrons. The monoisotopic (exact) mass is 255 g/mol. The number of nitrogens with zero attached hydrogens (tertiary/aromatic N) is 1. The summed E-state index contributed by atoms with van der Waals surface area (Å²) in [6, 6.07) is 0.123. The number of nitrogens with one attached hydrogen (secondary N) is 1. The molecule has 17 heavy (non-hydrogen) atoms. The second-order valence-electron chi connectivity index (χ2n) is 4.12. The van der Waals surface area contributed by atoms with Crippen LogP contribution >= 0.6 is 11.3 Å². The number of amides is 1. The van der Waals surface area contributed by atoms with Crippen LogP contribution < -0.4 is 11.1 Å². The summed E-state index contributed by atoms with van der Waals surface area (Å²) in [4.78, 5) is 15.8. The van der Waals surface area contributed by atoms with Gasteiger partial charge in [-0.1, -0.05) is 19.8 Å². The first-order valence-electron chi connectivity index (χ1n) is 6.12. The van der Waals surface area contributed by atoms with Crippen molar-refractivity contribution in [2.75, 3.05) is 6.54 Å². The average Bonchev–Trinajstić information content (AvgIpc) is 2.85. The second-order valence-corrected chi connectivity index (χ2v) is 4.84. The minimum atomic E-state index is 0.0737. The maximum absolute atomic E-state index is 11.7. The third-order valence-corrected chi connectivity index (χ3v) is 3.28. The average molecular weight is 255 g/mol. The van der Waals surface area contributed by atoms with Gasteiger partial charge < -0.3 is 11.1 Å². The summed E-state index contributed by atoms with van der Waals surface area (Å²) in [5.74, 6) is 0.0737. The molecule has 1 heterocycles. The maximum Gasteiger partial charge on any atom is 0.220 e. The first-order chi connectivity index (χ1) is 8.26. The molecule has 0 spiro atoms. The molecule has 0 aromatic carbocycles. The van der Waals surface area contributed by atoms with E-state index in [0.717, 1.165) is 25.0 Å². The Hall–Kier alpha value is -0.940. The smallest absolute Gasteiger partial charge is 0.220 e. The molecule has 0 saturated heterocycles. The van der Waals surface area contributed by atoms with E-state index in [2.05, 4.69) is 17.2 Å². The van der Waals surface area contributed by atoms with Gasteiger partial charge in [-0.2, -0.15) is 0 Å². The number of hydrogen-bond acceptors (Lipinski definition) is 4. The topological polar surface area (TPSA) is 68.0 Å². The van der Waals surface area contributed by atoms with Crippen molar-refractivity contribution in [3.63, 3.8) is 0 Å². The fourth-order valence-electron chi connectivity index (χ4n) is 1.60. The Kier molecular flexibility index (Phi) is 6.81. The Balaban J connectivity index is 2.22. The summed E-state index contributed by atoms with van der Waals surface area (Å²) in [7, 11) is 0. The van der Waals surface area contributed by atoms with Crippen LogP contribution in [0, 0.1) is 0 Å². The minimum Gasteiger partial charge on any atom is -0.352 e. The Morgan fingerprint density at radius 2 is 2.47 bits per heavy atom. The van der Waals surface area contributed by atoms with E-state index in [4.69, 9.17) is 5.73 Å². The normalized spacial score (nSPS) is 12.4. The molecule has 1 aromatic heterocycles. The fraction of sp³-hybridized carbons (Fsp3) is 0.667. The SMILES string of the molecule is CCCCC(CN)NC(=O)CCc1cscn1. The van der Waals surface area contributed by atoms with Crippen LogP contribution in [0.4, 0.5) is 0 Å². The molecule has 0 radical (unpaired) electrons. The molecule has 0 aliphatic carbocycles. The van der Waals surface area contributed by atoms with Crippen LogP contribution in [-0.4, -0.2) is 23.5 Å². The van der Waals surface area contributed by atoms with Crippen molar-refractivity contribution in [1.29, 1.82) is 0 Å². The number of aromatic nitrogens is 1. The summed E-state index contributed by atoms with van der Waals surface area (Å²) >= 11 is 1.56. The van der Waals surface area contributed by atoms with Crippen LogP contribution in [0.2, 0.25) is 0 Å². The Bertz CT molecular complexity index is 314. The lowest BCUT2D eigenvalue weighted by molar-refractivity contribution is -0.121. The summed E-state index contributed by atoms with van der Waals surface area (Å²) in [6.45, 7) is 2.65. The Morgan fingerprint density at radius 1 is 1.65 bits per heavy atom. The van der Waals surface area contributed by atoms with Crippen molar-refractivity contribution in [2.45, 2.75) is 45.1 Å². The van der Waals surface area contributed by atoms with Crippen LogP contribution in [-0.2, 0) is 11.2 Å². The van der Waals surface area contributed by atoms with Gasteiger partial charge in [0.25, 0.3) is 0 Å². The van der Waals surface area contributed by atoms with Crippen LogP contribution in [0.1, 0.15) is 38.3 Å². The first-order valence-corrected chi connectivity index (χ1v) is 7.07. The second kappa shape index (κ2) is 8.20. The summed E-state index contributed by atoms with van der Waals surface area (Å²) < 4.78 is 0. The third kappa shape index (κ3) is 5.79. The molecule has 1 atom stereocenters. The highest BCUT2D eigenvalue weighted by Crippen LogP contribution is 2.05. The minimum absolute atomic E-state index is 0.0737. The first kappa shape index (κ1) is 14.1. The van der Waals surface area contributed by atoms with Gasteiger partial charge in [0.2, 0.25) is 5.91 Å². The lowest BCUT2D eigenvalue weighted by Gasteiger charge is -2.16. The lowest BCUT2D eigenvalue weighted by atomic mass is 10.1. The number of carbonyl (C=O) groups excluding carboxylic acids is 1. The van der Waals surface area contributed by atoms with Gasteiger partial charge in [0.05, 0.1) is 11.2 Å². The number of hydrogen-bond donors (Lipinski definition) is 2. The molecule has 0 aliphatic rings. The Morgan fingerprint density at radius 3 is 3.06 bits per heavy atom. The van der Waals surface area contributed by atoms with Crippen molar-refractivity contribution in [2.24, 2.45) is 5.73 Å². The van der Waals surface area contributed by atoms with Crippen molar-refractivity contribution in [1.82, 2.24) is 10.3 Å². The van der Waals surface area contributed by atoms with Gasteiger partial charge >= 0.3 is 0 Å². The van der Waals surface area contributed by atoms with E-state index in [0.29, 0.717) is 19.4 Å². The fourth-order valence-corrected chi connectivity index (χ4v) is 2.19. The summed E-state index contributed by atoms with van der Waals surface area (Å²) in [5, 5.41) is 4.95. The molecule has 1 amide bonds. The van der Waals surface area contributed by atoms with E-state index in [1.807, 2.05) is 5.38 Å². The van der Waals surface area contributed by atoms with Gasteiger partial charge in [-0.25, -0.2) is 4.98 Å². The highest BCUT2D eigenvalue weighted by atomic mass is 32.1. The standard InChI is InChI=1S/C12H21N3OS/c1-2-3-4-10(7-13)15-12(16)6-5-11-8-17-9-14-11/h8-10H,2-7,13H2,1H3,(H,15,16). The third-order valence-electron chi connectivity index (χ3n) is 2.65. The molecule has 3 N–H and O–H groups in total. The number of nitrogens with two attached hydrogens (primary N) is 1. The summed E-state index contributed by atoms with van der Waals surface area (Å²) in [6.07, 6.45) is 4.40. The van der Waals surface area contributed by atoms with Crippen molar-refractivity contribution in [3.8, 4) is 0 Å². The quantitative estimate of drug-likeness (QED) is 0.743. The van der Waals surface area contributed by atoms with E-state index in [1.165, 1.54) is 0 Å². The van der Waals surface area contributed by atoms with E-state index in [9.17, 15) is 4.79 Å². The highest BCUT2D eigenvalue weighted by molar-refractivity contribution is 7.07. The van der Waals surface area contributed by atoms with Crippen LogP contribution in [0.15, 0.2) is 10.9 Å². The van der Waals surface area contributed by atoms with Gasteiger partial charge in [-0.05, 0) is 12.8 Å². The zero-order chi connectivity index (χ0) is 12.5. The molecular formula is C12H21N3OS. The number of rotatable bonds is 8. The molecule has 0 saturated carbocycles. The van der Waals surface area contributed by atoms with Gasteiger partial charge in [-0.15, -0.1) is 11.3 Å². The molecular weight excluding hydrogens is 234 g/mol. The molecule has 1 aromatic rings. The van der Waals surface area contributed by atoms with Gasteiger partial charge in [0.15, 0.2) is 0 Å². The molecule has 1 unspecified atom stereocenters. The van der Waals surface area contributed by atoms with E-state index in [1.54, 1.807) is 16.8 Å². The maximum atomic E-state index is 11.7. The number of carbonyl (C=O) groups is 1. The molecule has 5 heteroatoms. The predicted octanol–water partition coefficient (Wildman–Crippen LogP) is 1.71. The predicted molar refractivity (Wildman–Crippen MR) is 70.9 cm³/mol. The van der Waals surface area contributed by atoms with E-state index >= 15 is 0 Å². The van der Waals surface area contributed by atoms with Crippen LogP contribution in [0.25, 0.3) is 0 Å². The van der Waals surface area contributed by atoms with Gasteiger partial charge in [-0.3, -0.25) is 4.79 Å². The van der Waals surface area contributed by atoms with Crippen molar-refractivity contribution >= 4 is 17.2 Å². The Labute approximate surface area is 107 Å². The van der Waals surface area contributed by atoms with E-state index < -0.39 is 0 Å².